The van der Waals surface area contributed by atoms with Crippen molar-refractivity contribution in [2.45, 2.75) is 77.8 Å². The van der Waals surface area contributed by atoms with Crippen molar-refractivity contribution >= 4 is 5.97 Å². The molecule has 1 aliphatic rings. The maximum absolute atomic E-state index is 14.7. The molecule has 1 aliphatic heterocycles. The van der Waals surface area contributed by atoms with E-state index in [1.165, 1.54) is 13.2 Å². The topological polar surface area (TPSA) is 132 Å². The van der Waals surface area contributed by atoms with Gasteiger partial charge in [0.1, 0.15) is 42.6 Å². The van der Waals surface area contributed by atoms with Crippen molar-refractivity contribution in [1.82, 2.24) is 9.78 Å². The number of aromatic nitrogens is 2. The molecule has 0 spiro atoms. The number of nitrogens with zero attached hydrogens (tertiary/aromatic N) is 2. The van der Waals surface area contributed by atoms with Crippen LogP contribution in [-0.2, 0) is 20.7 Å². The van der Waals surface area contributed by atoms with Crippen molar-refractivity contribution in [3.8, 4) is 11.6 Å². The van der Waals surface area contributed by atoms with Gasteiger partial charge in [-0.15, -0.1) is 5.10 Å². The van der Waals surface area contributed by atoms with Crippen molar-refractivity contribution in [3.63, 3.8) is 0 Å². The maximum atomic E-state index is 14.7. The summed E-state index contributed by atoms with van der Waals surface area (Å²) in [5.41, 5.74) is 1.67. The highest BCUT2D eigenvalue weighted by molar-refractivity contribution is 5.71. The lowest BCUT2D eigenvalue weighted by Crippen LogP contribution is -2.60. The Balaban J connectivity index is 1.88. The lowest BCUT2D eigenvalue weighted by molar-refractivity contribution is -0.279. The molecule has 0 aliphatic carbocycles. The number of methoxy groups -OCH3 is 1. The molecular weight excluding hydrogens is 475 g/mol. The van der Waals surface area contributed by atoms with Crippen molar-refractivity contribution < 1.29 is 43.5 Å². The number of carbonyl (C=O) groups is 1. The second-order valence-corrected chi connectivity index (χ2v) is 9.46. The number of rotatable bonds is 9. The molecule has 2 aromatic rings. The molecule has 36 heavy (non-hydrogen) atoms. The number of ether oxygens (including phenoxy) is 4. The first-order chi connectivity index (χ1) is 16.9. The molecule has 1 unspecified atom stereocenters. The molecule has 0 radical (unpaired) electrons. The summed E-state index contributed by atoms with van der Waals surface area (Å²) in [6.07, 6.45) is -7.20. The number of halogens is 1. The summed E-state index contributed by atoms with van der Waals surface area (Å²) >= 11 is 0. The highest BCUT2D eigenvalue weighted by Crippen LogP contribution is 2.31. The van der Waals surface area contributed by atoms with Gasteiger partial charge in [0.15, 0.2) is 0 Å². The Morgan fingerprint density at radius 3 is 2.44 bits per heavy atom. The monoisotopic (exact) mass is 510 g/mol. The van der Waals surface area contributed by atoms with Crippen molar-refractivity contribution in [2.24, 2.45) is 5.92 Å². The van der Waals surface area contributed by atoms with Gasteiger partial charge in [0.25, 0.3) is 0 Å². The lowest BCUT2D eigenvalue weighted by atomic mass is 9.99. The van der Waals surface area contributed by atoms with E-state index < -0.39 is 48.4 Å². The zero-order chi connectivity index (χ0) is 26.7. The van der Waals surface area contributed by atoms with Crippen LogP contribution in [0.4, 0.5) is 4.39 Å². The van der Waals surface area contributed by atoms with Crippen LogP contribution in [0.25, 0.3) is 0 Å². The van der Waals surface area contributed by atoms with E-state index in [0.29, 0.717) is 16.9 Å². The van der Waals surface area contributed by atoms with Gasteiger partial charge in [-0.3, -0.25) is 9.48 Å². The van der Waals surface area contributed by atoms with Crippen LogP contribution in [0.1, 0.15) is 50.6 Å². The minimum absolute atomic E-state index is 0.0466. The minimum atomic E-state index is -1.62. The van der Waals surface area contributed by atoms with Gasteiger partial charge in [-0.1, -0.05) is 19.9 Å². The molecule has 3 N–H and O–H groups in total. The maximum Gasteiger partial charge on any atom is 0.308 e. The first-order valence-corrected chi connectivity index (χ1v) is 11.9. The molecule has 1 saturated heterocycles. The minimum Gasteiger partial charge on any atom is -0.497 e. The fourth-order valence-electron chi connectivity index (χ4n) is 3.91. The predicted molar refractivity (Wildman–Crippen MR) is 126 cm³/mol. The zero-order valence-electron chi connectivity index (χ0n) is 21.3. The van der Waals surface area contributed by atoms with Gasteiger partial charge in [0.05, 0.1) is 13.0 Å². The summed E-state index contributed by atoms with van der Waals surface area (Å²) in [5.74, 6) is -0.882. The fraction of sp³-hybridized carbons (Fsp3) is 0.600. The smallest absolute Gasteiger partial charge is 0.308 e. The van der Waals surface area contributed by atoms with Gasteiger partial charge in [-0.25, -0.2) is 4.39 Å². The van der Waals surface area contributed by atoms with Crippen LogP contribution in [0.5, 0.6) is 11.6 Å². The number of hydrogen-bond acceptors (Lipinski definition) is 9. The van der Waals surface area contributed by atoms with Gasteiger partial charge in [0, 0.05) is 29.8 Å². The Bertz CT molecular complexity index is 1060. The predicted octanol–water partition coefficient (Wildman–Crippen LogP) is 1.90. The molecule has 1 aromatic heterocycles. The summed E-state index contributed by atoms with van der Waals surface area (Å²) in [5, 5.41) is 35.8. The van der Waals surface area contributed by atoms with Crippen molar-refractivity contribution in [2.75, 3.05) is 13.7 Å². The van der Waals surface area contributed by atoms with Gasteiger partial charge in [-0.05, 0) is 32.4 Å². The Kier molecular flexibility index (Phi) is 8.93. The molecule has 3 rings (SSSR count). The normalized spacial score (nSPS) is 24.3. The first kappa shape index (κ1) is 27.9. The Hall–Kier alpha value is -2.73. The average Bonchev–Trinajstić information content (AvgIpc) is 3.14. The molecule has 10 nitrogen and oxygen atoms in total. The molecular formula is C25H35FN2O8. The third-order valence-corrected chi connectivity index (χ3v) is 6.11. The summed E-state index contributed by atoms with van der Waals surface area (Å²) in [6.45, 7) is 8.64. The Labute approximate surface area is 209 Å². The van der Waals surface area contributed by atoms with Crippen LogP contribution in [-0.4, -0.2) is 75.5 Å². The van der Waals surface area contributed by atoms with Crippen molar-refractivity contribution in [1.29, 1.82) is 0 Å². The molecule has 11 heteroatoms. The molecule has 0 bridgehead atoms. The van der Waals surface area contributed by atoms with E-state index in [4.69, 9.17) is 18.9 Å². The fourth-order valence-corrected chi connectivity index (χ4v) is 3.91. The van der Waals surface area contributed by atoms with E-state index in [-0.39, 0.29) is 24.9 Å². The second-order valence-electron chi connectivity index (χ2n) is 9.46. The van der Waals surface area contributed by atoms with E-state index in [9.17, 15) is 24.5 Å². The van der Waals surface area contributed by atoms with Crippen LogP contribution in [0.3, 0.4) is 0 Å². The number of benzene rings is 1. The number of hydrogen-bond donors (Lipinski definition) is 3. The van der Waals surface area contributed by atoms with E-state index in [0.717, 1.165) is 5.69 Å². The lowest BCUT2D eigenvalue weighted by Gasteiger charge is -2.39. The van der Waals surface area contributed by atoms with E-state index in [1.54, 1.807) is 30.7 Å². The third kappa shape index (κ3) is 5.97. The second kappa shape index (κ2) is 11.5. The van der Waals surface area contributed by atoms with Crippen LogP contribution in [0, 0.1) is 18.7 Å². The number of aliphatic hydroxyl groups excluding tert-OH is 3. The summed E-state index contributed by atoms with van der Waals surface area (Å²) in [7, 11) is 1.45. The molecule has 1 fully saturated rings. The van der Waals surface area contributed by atoms with Crippen LogP contribution >= 0.6 is 0 Å². The molecule has 1 aromatic carbocycles. The first-order valence-electron chi connectivity index (χ1n) is 11.9. The van der Waals surface area contributed by atoms with E-state index >= 15 is 0 Å². The molecule has 2 heterocycles. The highest BCUT2D eigenvalue weighted by atomic mass is 19.1. The number of esters is 1. The third-order valence-electron chi connectivity index (χ3n) is 6.11. The van der Waals surface area contributed by atoms with Crippen LogP contribution in [0.2, 0.25) is 0 Å². The zero-order valence-corrected chi connectivity index (χ0v) is 21.3. The van der Waals surface area contributed by atoms with Gasteiger partial charge < -0.3 is 34.3 Å². The molecule has 0 saturated carbocycles. The van der Waals surface area contributed by atoms with E-state index in [1.807, 2.05) is 20.8 Å². The quantitative estimate of drug-likeness (QED) is 0.433. The van der Waals surface area contributed by atoms with Gasteiger partial charge in [0.2, 0.25) is 12.2 Å². The number of carbonyl (C=O) groups excluding carboxylic acids is 1. The van der Waals surface area contributed by atoms with Crippen LogP contribution < -0.4 is 9.47 Å². The summed E-state index contributed by atoms with van der Waals surface area (Å²) in [6, 6.07) is 4.49. The Morgan fingerprint density at radius 1 is 1.17 bits per heavy atom. The van der Waals surface area contributed by atoms with Gasteiger partial charge >= 0.3 is 5.97 Å². The average molecular weight is 511 g/mol. The van der Waals surface area contributed by atoms with E-state index in [2.05, 4.69) is 5.10 Å². The highest BCUT2D eigenvalue weighted by Gasteiger charge is 2.46. The molecule has 0 amide bonds. The van der Waals surface area contributed by atoms with Gasteiger partial charge in [-0.2, -0.15) is 0 Å². The summed E-state index contributed by atoms with van der Waals surface area (Å²) < 4.78 is 38.2. The Morgan fingerprint density at radius 2 is 1.86 bits per heavy atom. The SMILES string of the molecule is COc1ccc(Cc2c(O[C@@H]3OC(COC(=O)C(C)C)[C@@H](O)[C@H](O)[C@H]3O)nn(C(C)C)c2C)c(F)c1. The van der Waals surface area contributed by atoms with Crippen LogP contribution in [0.15, 0.2) is 18.2 Å². The number of aliphatic hydroxyl groups is 3. The largest absolute Gasteiger partial charge is 0.497 e. The molecule has 5 atom stereocenters. The molecule has 200 valence electrons. The van der Waals surface area contributed by atoms with Crippen molar-refractivity contribution in [3.05, 3.63) is 40.8 Å². The summed E-state index contributed by atoms with van der Waals surface area (Å²) in [4.78, 5) is 11.8. The standard InChI is InChI=1S/C25H35FN2O8/c1-12(2)24(32)34-11-19-20(29)21(30)22(31)25(35-19)36-23-17(14(5)28(27-23)13(3)4)9-15-7-8-16(33-6)10-18(15)26/h7-8,10,12-13,19-22,25,29-31H,9,11H2,1-6H3/t19?,20-,21+,22-,25+/m1/s1.